The van der Waals surface area contributed by atoms with E-state index in [0.29, 0.717) is 30.0 Å². The first-order chi connectivity index (χ1) is 22.3. The van der Waals surface area contributed by atoms with Crippen LogP contribution in [0, 0.1) is 13.8 Å². The summed E-state index contributed by atoms with van der Waals surface area (Å²) >= 11 is 0. The van der Waals surface area contributed by atoms with Gasteiger partial charge in [0.05, 0.1) is 24.7 Å². The molecule has 0 spiro atoms. The van der Waals surface area contributed by atoms with Crippen LogP contribution < -0.4 is 15.3 Å². The number of benzene rings is 4. The zero-order valence-corrected chi connectivity index (χ0v) is 28.6. The van der Waals surface area contributed by atoms with Crippen LogP contribution in [0.4, 0.5) is 10.5 Å². The summed E-state index contributed by atoms with van der Waals surface area (Å²) in [5.41, 5.74) is 5.24. The van der Waals surface area contributed by atoms with Gasteiger partial charge in [-0.25, -0.2) is 4.79 Å². The number of methoxy groups -OCH3 is 1. The zero-order valence-electron chi connectivity index (χ0n) is 28.6. The number of amides is 2. The number of rotatable bonds is 8. The Kier molecular flexibility index (Phi) is 9.43. The first-order valence-corrected chi connectivity index (χ1v) is 15.8. The molecule has 1 unspecified atom stereocenters. The molecule has 0 saturated carbocycles. The van der Waals surface area contributed by atoms with Gasteiger partial charge in [-0.1, -0.05) is 71.8 Å². The maximum Gasteiger partial charge on any atom is 0.437 e. The summed E-state index contributed by atoms with van der Waals surface area (Å²) in [6.07, 6.45) is -0.297. The molecule has 8 nitrogen and oxygen atoms in total. The average Bonchev–Trinajstić information content (AvgIpc) is 3.31. The fourth-order valence-corrected chi connectivity index (χ4v) is 6.08. The quantitative estimate of drug-likeness (QED) is 0.174. The number of hydrogen-bond donors (Lipinski definition) is 0. The van der Waals surface area contributed by atoms with Crippen molar-refractivity contribution in [1.82, 2.24) is 9.13 Å². The second kappa shape index (κ2) is 13.3. The van der Waals surface area contributed by atoms with E-state index < -0.39 is 17.4 Å². The van der Waals surface area contributed by atoms with E-state index in [2.05, 4.69) is 60.4 Å². The first kappa shape index (κ1) is 33.3. The highest BCUT2D eigenvalue weighted by molar-refractivity contribution is 5.93. The van der Waals surface area contributed by atoms with Gasteiger partial charge < -0.3 is 14.0 Å². The molecule has 2 amide bonds. The van der Waals surface area contributed by atoms with Gasteiger partial charge >= 0.3 is 6.09 Å². The maximum absolute atomic E-state index is 13.9. The number of nitrogens with zero attached hydrogens (tertiary/aromatic N) is 4. The highest BCUT2D eigenvalue weighted by Gasteiger charge is 2.40. The van der Waals surface area contributed by atoms with Crippen molar-refractivity contribution in [3.05, 3.63) is 125 Å². The number of fused-ring (bicyclic) bond motifs is 1. The van der Waals surface area contributed by atoms with Gasteiger partial charge in [-0.3, -0.25) is 14.3 Å². The minimum absolute atomic E-state index is 0.170. The predicted octanol–water partition coefficient (Wildman–Crippen LogP) is 7.92. The molecule has 8 heteroatoms. The van der Waals surface area contributed by atoms with Crippen molar-refractivity contribution in [2.24, 2.45) is 4.99 Å². The second-order valence-electron chi connectivity index (χ2n) is 13.2. The molecule has 0 bridgehead atoms. The fraction of sp³-hybridized carbons (Fsp3) is 0.308. The summed E-state index contributed by atoms with van der Waals surface area (Å²) < 4.78 is 15.2. The van der Waals surface area contributed by atoms with Gasteiger partial charge in [0, 0.05) is 19.0 Å². The van der Waals surface area contributed by atoms with E-state index in [1.807, 2.05) is 92.3 Å². The normalized spacial score (nSPS) is 13.3. The number of carbonyl (C=O) groups excluding carboxylic acids is 2. The van der Waals surface area contributed by atoms with Crippen LogP contribution in [0.15, 0.2) is 102 Å². The maximum atomic E-state index is 13.9. The number of carbonyl (C=O) groups is 2. The average molecular weight is 633 g/mol. The number of para-hydroxylation sites is 2. The molecule has 244 valence electrons. The van der Waals surface area contributed by atoms with E-state index in [1.165, 1.54) is 0 Å². The monoisotopic (exact) mass is 632 g/mol. The molecular formula is C39H44N4O4. The third-order valence-electron chi connectivity index (χ3n) is 8.17. The topological polar surface area (TPSA) is 78.1 Å². The van der Waals surface area contributed by atoms with Gasteiger partial charge in [0.25, 0.3) is 0 Å². The highest BCUT2D eigenvalue weighted by Crippen LogP contribution is 2.35. The van der Waals surface area contributed by atoms with Crippen molar-refractivity contribution < 1.29 is 19.1 Å². The van der Waals surface area contributed by atoms with E-state index in [0.717, 1.165) is 33.3 Å². The minimum atomic E-state index is -1.09. The standard InChI is InChI=1S/C39H44N4O4/c1-27-13-17-30(18-14-27)25-39(7,42(29(3)44)32-21-23-33(46-8)24-22-32)43-35-12-10-9-11-34(35)41(26-31-19-15-28(2)16-20-31)36(43)40-37(45)47-38(4,5)6/h9-24H,25-26H2,1-8H3. The molecule has 0 aliphatic rings. The molecule has 5 aromatic rings. The van der Waals surface area contributed by atoms with E-state index in [1.54, 1.807) is 18.9 Å². The van der Waals surface area contributed by atoms with Gasteiger partial charge in [0.2, 0.25) is 11.5 Å². The molecular weight excluding hydrogens is 588 g/mol. The largest absolute Gasteiger partial charge is 0.497 e. The highest BCUT2D eigenvalue weighted by atomic mass is 16.6. The van der Waals surface area contributed by atoms with Crippen LogP contribution in [0.25, 0.3) is 11.0 Å². The van der Waals surface area contributed by atoms with Crippen molar-refractivity contribution in [1.29, 1.82) is 0 Å². The van der Waals surface area contributed by atoms with E-state index in [9.17, 15) is 9.59 Å². The molecule has 0 aliphatic carbocycles. The summed E-state index contributed by atoms with van der Waals surface area (Å²) in [6, 6.07) is 32.0. The van der Waals surface area contributed by atoms with Gasteiger partial charge in [0.1, 0.15) is 17.0 Å². The SMILES string of the molecule is COc1ccc(N(C(C)=O)C(C)(Cc2ccc(C)cc2)n2c(=NC(=O)OC(C)(C)C)n(Cc3ccc(C)cc3)c3ccccc32)cc1. The zero-order chi connectivity index (χ0) is 33.9. The van der Waals surface area contributed by atoms with Crippen LogP contribution in [0.3, 0.4) is 0 Å². The Labute approximate surface area is 276 Å². The Morgan fingerprint density at radius 1 is 0.766 bits per heavy atom. The fourth-order valence-electron chi connectivity index (χ4n) is 6.08. The molecule has 1 aromatic heterocycles. The lowest BCUT2D eigenvalue weighted by atomic mass is 9.96. The van der Waals surface area contributed by atoms with Gasteiger partial charge in [-0.15, -0.1) is 4.99 Å². The van der Waals surface area contributed by atoms with Crippen LogP contribution in [-0.4, -0.2) is 33.8 Å². The number of imidazole rings is 1. The van der Waals surface area contributed by atoms with Crippen molar-refractivity contribution in [2.45, 2.75) is 72.7 Å². The molecule has 0 saturated heterocycles. The van der Waals surface area contributed by atoms with Crippen molar-refractivity contribution in [3.63, 3.8) is 0 Å². The molecule has 4 aromatic carbocycles. The van der Waals surface area contributed by atoms with E-state index in [-0.39, 0.29) is 5.91 Å². The van der Waals surface area contributed by atoms with E-state index in [4.69, 9.17) is 9.47 Å². The number of hydrogen-bond acceptors (Lipinski definition) is 4. The molecule has 0 radical (unpaired) electrons. The Balaban J connectivity index is 1.88. The third-order valence-corrected chi connectivity index (χ3v) is 8.17. The lowest BCUT2D eigenvalue weighted by molar-refractivity contribution is -0.118. The van der Waals surface area contributed by atoms with Crippen LogP contribution in [0.1, 0.15) is 56.9 Å². The number of anilines is 1. The molecule has 1 heterocycles. The predicted molar refractivity (Wildman–Crippen MR) is 187 cm³/mol. The number of aromatic nitrogens is 2. The van der Waals surface area contributed by atoms with Crippen molar-refractivity contribution in [2.75, 3.05) is 12.0 Å². The molecule has 5 rings (SSSR count). The summed E-state index contributed by atoms with van der Waals surface area (Å²) in [6.45, 7) is 13.6. The minimum Gasteiger partial charge on any atom is -0.497 e. The van der Waals surface area contributed by atoms with Crippen molar-refractivity contribution >= 4 is 28.7 Å². The Morgan fingerprint density at radius 3 is 1.85 bits per heavy atom. The van der Waals surface area contributed by atoms with Crippen LogP contribution >= 0.6 is 0 Å². The molecule has 0 N–H and O–H groups in total. The Morgan fingerprint density at radius 2 is 1.32 bits per heavy atom. The summed E-state index contributed by atoms with van der Waals surface area (Å²) in [7, 11) is 1.61. The second-order valence-corrected chi connectivity index (χ2v) is 13.2. The smallest absolute Gasteiger partial charge is 0.437 e. The van der Waals surface area contributed by atoms with Gasteiger partial charge in [0.15, 0.2) is 0 Å². The van der Waals surface area contributed by atoms with Crippen LogP contribution in [0.2, 0.25) is 0 Å². The molecule has 0 fully saturated rings. The number of aryl methyl sites for hydroxylation is 2. The van der Waals surface area contributed by atoms with Gasteiger partial charge in [-0.05, 0) is 89.1 Å². The Hall–Kier alpha value is -5.11. The first-order valence-electron chi connectivity index (χ1n) is 15.8. The van der Waals surface area contributed by atoms with Crippen molar-refractivity contribution in [3.8, 4) is 5.75 Å². The third kappa shape index (κ3) is 7.32. The lowest BCUT2D eigenvalue weighted by Crippen LogP contribution is -2.56. The molecule has 0 aliphatic heterocycles. The number of ether oxygens (including phenoxy) is 2. The Bertz CT molecular complexity index is 1950. The van der Waals surface area contributed by atoms with Crippen LogP contribution in [-0.2, 0) is 28.2 Å². The lowest BCUT2D eigenvalue weighted by Gasteiger charge is -2.42. The van der Waals surface area contributed by atoms with E-state index >= 15 is 0 Å². The summed E-state index contributed by atoms with van der Waals surface area (Å²) in [5.74, 6) is 0.510. The molecule has 47 heavy (non-hydrogen) atoms. The summed E-state index contributed by atoms with van der Waals surface area (Å²) in [4.78, 5) is 33.9. The summed E-state index contributed by atoms with van der Waals surface area (Å²) in [5, 5.41) is 0. The van der Waals surface area contributed by atoms with Gasteiger partial charge in [-0.2, -0.15) is 0 Å². The molecule has 1 atom stereocenters. The van der Waals surface area contributed by atoms with Crippen LogP contribution in [0.5, 0.6) is 5.75 Å².